The Hall–Kier alpha value is -2.78. The van der Waals surface area contributed by atoms with Crippen molar-refractivity contribution in [3.63, 3.8) is 0 Å². The molecule has 1 spiro atoms. The first-order valence-corrected chi connectivity index (χ1v) is 13.6. The minimum absolute atomic E-state index is 0.158. The topological polar surface area (TPSA) is 92.8 Å². The number of nitrogens with zero attached hydrogens (tertiary/aromatic N) is 1. The number of methoxy groups -OCH3 is 2. The lowest BCUT2D eigenvalue weighted by molar-refractivity contribution is -0.245. The molecule has 9 heteroatoms. The molecule has 1 aromatic rings. The summed E-state index contributed by atoms with van der Waals surface area (Å²) >= 11 is 0. The lowest BCUT2D eigenvalue weighted by Crippen LogP contribution is -2.50. The molecule has 4 atom stereocenters. The number of carbonyl (C=O) groups excluding carboxylic acids is 2. The summed E-state index contributed by atoms with van der Waals surface area (Å²) in [6.45, 7) is 5.97. The largest absolute Gasteiger partial charge is 0.500 e. The van der Waals surface area contributed by atoms with Crippen LogP contribution in [0.4, 0.5) is 0 Å². The molecule has 4 aliphatic heterocycles. The molecular formula is C29H37NO8. The Kier molecular flexibility index (Phi) is 6.14. The predicted molar refractivity (Wildman–Crippen MR) is 136 cm³/mol. The third-order valence-corrected chi connectivity index (χ3v) is 9.00. The summed E-state index contributed by atoms with van der Waals surface area (Å²) in [6.07, 6.45) is 6.91. The fourth-order valence-corrected chi connectivity index (χ4v) is 7.36. The monoisotopic (exact) mass is 527 g/mol. The molecule has 0 N–H and O–H groups in total. The molecule has 0 aromatic heterocycles. The number of ether oxygens (including phenoxy) is 6. The number of hydrogen-bond acceptors (Lipinski definition) is 9. The molecule has 0 unspecified atom stereocenters. The second-order valence-electron chi connectivity index (χ2n) is 11.7. The number of hydrogen-bond donors (Lipinski definition) is 0. The van der Waals surface area contributed by atoms with Gasteiger partial charge in [-0.2, -0.15) is 0 Å². The van der Waals surface area contributed by atoms with Crippen molar-refractivity contribution in [3.8, 4) is 11.5 Å². The van der Waals surface area contributed by atoms with E-state index in [1.165, 1.54) is 7.11 Å². The van der Waals surface area contributed by atoms with E-state index in [4.69, 9.17) is 28.4 Å². The Balaban J connectivity index is 1.43. The summed E-state index contributed by atoms with van der Waals surface area (Å²) in [7, 11) is 2.94. The first-order chi connectivity index (χ1) is 18.2. The molecular weight excluding hydrogens is 490 g/mol. The Morgan fingerprint density at radius 1 is 1.05 bits per heavy atom. The molecule has 1 aliphatic carbocycles. The number of carbonyl (C=O) groups is 2. The van der Waals surface area contributed by atoms with E-state index in [9.17, 15) is 9.59 Å². The Bertz CT molecular complexity index is 1180. The molecule has 5 aliphatic rings. The molecule has 9 nitrogen and oxygen atoms in total. The highest BCUT2D eigenvalue weighted by Crippen LogP contribution is 2.57. The highest BCUT2D eigenvalue weighted by molar-refractivity contribution is 5.80. The molecule has 0 saturated carbocycles. The average molecular weight is 528 g/mol. The Morgan fingerprint density at radius 3 is 2.53 bits per heavy atom. The summed E-state index contributed by atoms with van der Waals surface area (Å²) in [5, 5.41) is 0. The quantitative estimate of drug-likeness (QED) is 0.530. The molecule has 206 valence electrons. The molecule has 0 amide bonds. The van der Waals surface area contributed by atoms with E-state index in [0.717, 1.165) is 55.6 Å². The van der Waals surface area contributed by atoms with Gasteiger partial charge in [0.2, 0.25) is 12.6 Å². The first kappa shape index (κ1) is 25.5. The molecule has 0 bridgehead atoms. The van der Waals surface area contributed by atoms with Crippen LogP contribution in [0.3, 0.4) is 0 Å². The number of fused-ring (bicyclic) bond motifs is 3. The van der Waals surface area contributed by atoms with Crippen LogP contribution in [0.25, 0.3) is 0 Å². The van der Waals surface area contributed by atoms with Crippen LogP contribution < -0.4 is 9.47 Å². The zero-order valence-corrected chi connectivity index (χ0v) is 22.7. The van der Waals surface area contributed by atoms with Crippen molar-refractivity contribution in [3.05, 3.63) is 35.1 Å². The van der Waals surface area contributed by atoms with Crippen LogP contribution >= 0.6 is 0 Å². The third-order valence-electron chi connectivity index (χ3n) is 9.00. The predicted octanol–water partition coefficient (Wildman–Crippen LogP) is 3.83. The average Bonchev–Trinajstić information content (AvgIpc) is 3.63. The maximum Gasteiger partial charge on any atom is 0.319 e. The lowest BCUT2D eigenvalue weighted by Gasteiger charge is -2.43. The third kappa shape index (κ3) is 4.06. The number of esters is 2. The van der Waals surface area contributed by atoms with E-state index >= 15 is 0 Å². The van der Waals surface area contributed by atoms with Crippen LogP contribution in [0.2, 0.25) is 0 Å². The zero-order valence-electron chi connectivity index (χ0n) is 22.7. The van der Waals surface area contributed by atoms with Crippen molar-refractivity contribution in [1.29, 1.82) is 0 Å². The van der Waals surface area contributed by atoms with E-state index in [1.807, 2.05) is 13.8 Å². The van der Waals surface area contributed by atoms with Crippen LogP contribution in [-0.2, 0) is 35.0 Å². The zero-order chi connectivity index (χ0) is 26.7. The van der Waals surface area contributed by atoms with Crippen LogP contribution in [0.15, 0.2) is 24.0 Å². The SMILES string of the molecule is COC(=O)C[C@]1(OC(=O)[C@H]2C(OC)=C[C@]34CCCN3CCCc3cc5c(cc3[C@@H]24)OCO5)CCC(C)(C)O1. The van der Waals surface area contributed by atoms with Gasteiger partial charge in [0.05, 0.1) is 25.4 Å². The highest BCUT2D eigenvalue weighted by Gasteiger charge is 2.60. The van der Waals surface area contributed by atoms with Gasteiger partial charge in [0.1, 0.15) is 18.1 Å². The van der Waals surface area contributed by atoms with Gasteiger partial charge in [0.15, 0.2) is 11.5 Å². The van der Waals surface area contributed by atoms with E-state index in [1.54, 1.807) is 7.11 Å². The van der Waals surface area contributed by atoms with E-state index in [0.29, 0.717) is 24.4 Å². The molecule has 1 aromatic carbocycles. The maximum atomic E-state index is 14.3. The molecule has 6 rings (SSSR count). The highest BCUT2D eigenvalue weighted by atomic mass is 16.7. The summed E-state index contributed by atoms with van der Waals surface area (Å²) < 4.78 is 34.8. The fourth-order valence-electron chi connectivity index (χ4n) is 7.36. The van der Waals surface area contributed by atoms with E-state index in [-0.39, 0.29) is 24.7 Å². The van der Waals surface area contributed by atoms with Gasteiger partial charge in [-0.3, -0.25) is 14.5 Å². The van der Waals surface area contributed by atoms with Crippen LogP contribution in [-0.4, -0.2) is 67.9 Å². The van der Waals surface area contributed by atoms with Crippen molar-refractivity contribution < 1.29 is 38.0 Å². The fraction of sp³-hybridized carbons (Fsp3) is 0.655. The van der Waals surface area contributed by atoms with Crippen LogP contribution in [0.1, 0.15) is 69.4 Å². The molecule has 0 radical (unpaired) electrons. The molecule has 38 heavy (non-hydrogen) atoms. The Morgan fingerprint density at radius 2 is 1.82 bits per heavy atom. The van der Waals surface area contributed by atoms with E-state index in [2.05, 4.69) is 23.1 Å². The second-order valence-corrected chi connectivity index (χ2v) is 11.7. The minimum Gasteiger partial charge on any atom is -0.500 e. The van der Waals surface area contributed by atoms with Gasteiger partial charge in [-0.25, -0.2) is 0 Å². The van der Waals surface area contributed by atoms with Gasteiger partial charge >= 0.3 is 11.9 Å². The van der Waals surface area contributed by atoms with Gasteiger partial charge in [0, 0.05) is 12.3 Å². The first-order valence-electron chi connectivity index (χ1n) is 13.6. The molecule has 2 fully saturated rings. The summed E-state index contributed by atoms with van der Waals surface area (Å²) in [5.41, 5.74) is 1.33. The van der Waals surface area contributed by atoms with Crippen LogP contribution in [0, 0.1) is 5.92 Å². The molecule has 4 heterocycles. The summed E-state index contributed by atoms with van der Waals surface area (Å²) in [5.74, 6) is -1.19. The smallest absolute Gasteiger partial charge is 0.319 e. The van der Waals surface area contributed by atoms with Crippen molar-refractivity contribution in [2.24, 2.45) is 5.92 Å². The standard InChI is InChI=1S/C29H37NO8/c1-27(2)9-10-29(38-27,16-23(31)34-4)37-26(32)24-22(33-3)15-28-8-6-12-30(28)11-5-7-18-13-20-21(36-17-35-20)14-19(18)25(24)28/h13-15,24-25H,5-12,16-17H2,1-4H3/t24-,25-,28-,29-/m0/s1. The van der Waals surface area contributed by atoms with Gasteiger partial charge in [-0.15, -0.1) is 0 Å². The second kappa shape index (κ2) is 9.16. The van der Waals surface area contributed by atoms with Gasteiger partial charge in [0.25, 0.3) is 0 Å². The molecule has 2 saturated heterocycles. The maximum absolute atomic E-state index is 14.3. The van der Waals surface area contributed by atoms with E-state index < -0.39 is 29.2 Å². The van der Waals surface area contributed by atoms with Gasteiger partial charge in [-0.1, -0.05) is 0 Å². The lowest BCUT2D eigenvalue weighted by atomic mass is 9.72. The van der Waals surface area contributed by atoms with Crippen molar-refractivity contribution in [1.82, 2.24) is 4.90 Å². The number of rotatable bonds is 5. The normalized spacial score (nSPS) is 32.9. The van der Waals surface area contributed by atoms with Crippen molar-refractivity contribution >= 4 is 11.9 Å². The Labute approximate surface area is 223 Å². The van der Waals surface area contributed by atoms with Crippen molar-refractivity contribution in [2.45, 2.75) is 81.6 Å². The van der Waals surface area contributed by atoms with Crippen LogP contribution in [0.5, 0.6) is 11.5 Å². The number of benzene rings is 1. The summed E-state index contributed by atoms with van der Waals surface area (Å²) in [6, 6.07) is 4.13. The number of aryl methyl sites for hydroxylation is 1. The summed E-state index contributed by atoms with van der Waals surface area (Å²) in [4.78, 5) is 29.2. The minimum atomic E-state index is -1.38. The van der Waals surface area contributed by atoms with Crippen molar-refractivity contribution in [2.75, 3.05) is 34.1 Å². The van der Waals surface area contributed by atoms with Gasteiger partial charge in [-0.05, 0) is 88.4 Å². The van der Waals surface area contributed by atoms with Gasteiger partial charge < -0.3 is 28.4 Å².